The molecule has 0 bridgehead atoms. The van der Waals surface area contributed by atoms with Crippen molar-refractivity contribution in [3.05, 3.63) is 0 Å². The van der Waals surface area contributed by atoms with Crippen LogP contribution in [-0.4, -0.2) is 51.5 Å². The van der Waals surface area contributed by atoms with Crippen LogP contribution < -0.4 is 0 Å². The molecule has 0 radical (unpaired) electrons. The highest BCUT2D eigenvalue weighted by Gasteiger charge is 2.32. The number of hydrogen-bond donors (Lipinski definition) is 4. The van der Waals surface area contributed by atoms with Gasteiger partial charge in [0, 0.05) is 0 Å². The average Bonchev–Trinajstić information content (AvgIpc) is 2.11. The Morgan fingerprint density at radius 2 is 1.33 bits per heavy atom. The quantitative estimate of drug-likeness (QED) is 0.523. The van der Waals surface area contributed by atoms with Gasteiger partial charge in [-0.15, -0.1) is 0 Å². The molecule has 0 aliphatic carbocycles. The first-order valence-electron chi connectivity index (χ1n) is 4.97. The molecule has 0 aromatic carbocycles. The zero-order chi connectivity index (χ0) is 12.2. The zero-order valence-electron chi connectivity index (χ0n) is 9.39. The lowest BCUT2D eigenvalue weighted by molar-refractivity contribution is -0.115. The lowest BCUT2D eigenvalue weighted by Gasteiger charge is -2.29. The molecular weight excluding hydrogens is 203 g/mol. The molecule has 0 rings (SSSR count). The summed E-state index contributed by atoms with van der Waals surface area (Å²) >= 11 is 0. The third kappa shape index (κ3) is 5.41. The van der Waals surface area contributed by atoms with Gasteiger partial charge >= 0.3 is 0 Å². The minimum absolute atomic E-state index is 0.221. The van der Waals surface area contributed by atoms with E-state index in [1.54, 1.807) is 0 Å². The second-order valence-electron chi connectivity index (χ2n) is 5.03. The van der Waals surface area contributed by atoms with Crippen molar-refractivity contribution in [1.82, 2.24) is 0 Å². The normalized spacial score (nSPS) is 20.8. The summed E-state index contributed by atoms with van der Waals surface area (Å²) < 4.78 is 12.0. The van der Waals surface area contributed by atoms with E-state index >= 15 is 0 Å². The van der Waals surface area contributed by atoms with Crippen LogP contribution in [0.2, 0.25) is 0 Å². The number of halogens is 1. The Morgan fingerprint density at radius 1 is 0.933 bits per heavy atom. The first kappa shape index (κ1) is 14.8. The summed E-state index contributed by atoms with van der Waals surface area (Å²) in [6.07, 6.45) is -5.78. The number of aliphatic hydroxyl groups is 4. The molecule has 15 heavy (non-hydrogen) atoms. The van der Waals surface area contributed by atoms with Crippen LogP contribution in [-0.2, 0) is 0 Å². The Kier molecular flexibility index (Phi) is 5.66. The summed E-state index contributed by atoms with van der Waals surface area (Å²) in [6, 6.07) is 0. The predicted molar refractivity (Wildman–Crippen MR) is 54.1 cm³/mol. The topological polar surface area (TPSA) is 80.9 Å². The molecule has 0 saturated heterocycles. The average molecular weight is 224 g/mol. The van der Waals surface area contributed by atoms with Crippen molar-refractivity contribution in [2.45, 2.75) is 51.6 Å². The van der Waals surface area contributed by atoms with Crippen molar-refractivity contribution in [2.24, 2.45) is 5.41 Å². The fraction of sp³-hybridized carbons (Fsp3) is 1.00. The van der Waals surface area contributed by atoms with E-state index in [1.165, 1.54) is 0 Å². The SMILES string of the molecule is CC(C)(C)C[C@H](O)[C@@H](O)[C@@H](O)[C@H](O)CF. The standard InChI is InChI=1S/C10H21FO4/c1-10(2,3)4-6(12)8(14)9(15)7(13)5-11/h6-9,12-15H,4-5H2,1-3H3/t6-,7+,8+,9-/m0/s1. The highest BCUT2D eigenvalue weighted by Crippen LogP contribution is 2.23. The van der Waals surface area contributed by atoms with Crippen molar-refractivity contribution in [3.63, 3.8) is 0 Å². The molecule has 0 aromatic rings. The zero-order valence-corrected chi connectivity index (χ0v) is 9.39. The Bertz CT molecular complexity index is 181. The van der Waals surface area contributed by atoms with Gasteiger partial charge < -0.3 is 20.4 Å². The van der Waals surface area contributed by atoms with Gasteiger partial charge in [0.2, 0.25) is 0 Å². The van der Waals surface area contributed by atoms with E-state index in [0.717, 1.165) is 0 Å². The van der Waals surface area contributed by atoms with Crippen LogP contribution >= 0.6 is 0 Å². The van der Waals surface area contributed by atoms with E-state index in [9.17, 15) is 19.7 Å². The molecule has 0 saturated carbocycles. The molecule has 4 nitrogen and oxygen atoms in total. The van der Waals surface area contributed by atoms with Crippen LogP contribution in [0.25, 0.3) is 0 Å². The molecule has 0 aliphatic heterocycles. The number of alkyl halides is 1. The maximum absolute atomic E-state index is 12.0. The van der Waals surface area contributed by atoms with Crippen LogP contribution in [0.4, 0.5) is 4.39 Å². The van der Waals surface area contributed by atoms with Gasteiger partial charge in [-0.1, -0.05) is 20.8 Å². The van der Waals surface area contributed by atoms with Crippen LogP contribution in [0.5, 0.6) is 0 Å². The monoisotopic (exact) mass is 224 g/mol. The third-order valence-corrected chi connectivity index (χ3v) is 2.12. The van der Waals surface area contributed by atoms with Gasteiger partial charge in [-0.3, -0.25) is 0 Å². The first-order chi connectivity index (χ1) is 6.69. The third-order valence-electron chi connectivity index (χ3n) is 2.12. The van der Waals surface area contributed by atoms with Gasteiger partial charge in [-0.05, 0) is 11.8 Å². The minimum atomic E-state index is -1.66. The summed E-state index contributed by atoms with van der Waals surface area (Å²) in [5.74, 6) is 0. The van der Waals surface area contributed by atoms with Crippen molar-refractivity contribution in [3.8, 4) is 0 Å². The molecule has 4 atom stereocenters. The van der Waals surface area contributed by atoms with E-state index < -0.39 is 31.1 Å². The second kappa shape index (κ2) is 5.75. The van der Waals surface area contributed by atoms with E-state index in [1.807, 2.05) is 20.8 Å². The molecule has 0 unspecified atom stereocenters. The summed E-state index contributed by atoms with van der Waals surface area (Å²) in [4.78, 5) is 0. The molecule has 0 amide bonds. The van der Waals surface area contributed by atoms with E-state index in [2.05, 4.69) is 0 Å². The number of aliphatic hydroxyl groups excluding tert-OH is 4. The maximum Gasteiger partial charge on any atom is 0.118 e. The van der Waals surface area contributed by atoms with Crippen molar-refractivity contribution in [1.29, 1.82) is 0 Å². The number of rotatable bonds is 5. The number of hydrogen-bond acceptors (Lipinski definition) is 4. The molecule has 0 aromatic heterocycles. The molecular formula is C10H21FO4. The molecule has 0 spiro atoms. The fourth-order valence-electron chi connectivity index (χ4n) is 1.29. The van der Waals surface area contributed by atoms with Gasteiger partial charge in [-0.25, -0.2) is 4.39 Å². The summed E-state index contributed by atoms with van der Waals surface area (Å²) in [5, 5.41) is 37.2. The Balaban J connectivity index is 4.25. The Hall–Kier alpha value is -0.230. The van der Waals surface area contributed by atoms with Crippen molar-refractivity contribution < 1.29 is 24.8 Å². The van der Waals surface area contributed by atoms with Gasteiger partial charge in [0.25, 0.3) is 0 Å². The van der Waals surface area contributed by atoms with E-state index in [0.29, 0.717) is 0 Å². The molecule has 0 aliphatic rings. The van der Waals surface area contributed by atoms with Gasteiger partial charge in [-0.2, -0.15) is 0 Å². The van der Waals surface area contributed by atoms with Gasteiger partial charge in [0.05, 0.1) is 6.10 Å². The van der Waals surface area contributed by atoms with Gasteiger partial charge in [0.1, 0.15) is 25.0 Å². The lowest BCUT2D eigenvalue weighted by Crippen LogP contribution is -2.46. The van der Waals surface area contributed by atoms with Crippen LogP contribution in [0.1, 0.15) is 27.2 Å². The first-order valence-corrected chi connectivity index (χ1v) is 4.97. The Morgan fingerprint density at radius 3 is 1.67 bits per heavy atom. The van der Waals surface area contributed by atoms with Crippen LogP contribution in [0.3, 0.4) is 0 Å². The highest BCUT2D eigenvalue weighted by atomic mass is 19.1. The lowest BCUT2D eigenvalue weighted by atomic mass is 9.86. The molecule has 4 N–H and O–H groups in total. The van der Waals surface area contributed by atoms with E-state index in [4.69, 9.17) is 5.11 Å². The summed E-state index contributed by atoms with van der Waals surface area (Å²) in [6.45, 7) is 4.43. The van der Waals surface area contributed by atoms with Crippen LogP contribution in [0.15, 0.2) is 0 Å². The van der Waals surface area contributed by atoms with Crippen molar-refractivity contribution >= 4 is 0 Å². The highest BCUT2D eigenvalue weighted by molar-refractivity contribution is 4.83. The van der Waals surface area contributed by atoms with Gasteiger partial charge in [0.15, 0.2) is 0 Å². The molecule has 5 heteroatoms. The fourth-order valence-corrected chi connectivity index (χ4v) is 1.29. The smallest absolute Gasteiger partial charge is 0.118 e. The molecule has 92 valence electrons. The van der Waals surface area contributed by atoms with Crippen LogP contribution in [0, 0.1) is 5.41 Å². The summed E-state index contributed by atoms with van der Waals surface area (Å²) in [5.41, 5.74) is -0.221. The maximum atomic E-state index is 12.0. The second-order valence-corrected chi connectivity index (χ2v) is 5.03. The van der Waals surface area contributed by atoms with E-state index in [-0.39, 0.29) is 11.8 Å². The molecule has 0 fully saturated rings. The largest absolute Gasteiger partial charge is 0.390 e. The summed E-state index contributed by atoms with van der Waals surface area (Å²) in [7, 11) is 0. The van der Waals surface area contributed by atoms with Crippen molar-refractivity contribution in [2.75, 3.05) is 6.67 Å². The minimum Gasteiger partial charge on any atom is -0.390 e. The Labute approximate surface area is 89.4 Å². The molecule has 0 heterocycles. The predicted octanol–water partition coefficient (Wildman–Crippen LogP) is -0.164.